The molecular formula is C13H18N4O2. The molecule has 3 heterocycles. The molecule has 6 nitrogen and oxygen atoms in total. The van der Waals surface area contributed by atoms with Crippen LogP contribution in [0.15, 0.2) is 24.5 Å². The number of fused-ring (bicyclic) bond motifs is 1. The molecule has 0 saturated carbocycles. The van der Waals surface area contributed by atoms with Gasteiger partial charge in [0.1, 0.15) is 0 Å². The van der Waals surface area contributed by atoms with Crippen molar-refractivity contribution in [3.05, 3.63) is 24.5 Å². The molecule has 0 amide bonds. The highest BCUT2D eigenvalue weighted by Gasteiger charge is 2.09. The molecule has 0 spiro atoms. The quantitative estimate of drug-likeness (QED) is 0.747. The van der Waals surface area contributed by atoms with Crippen molar-refractivity contribution in [3.8, 4) is 5.88 Å². The maximum atomic E-state index is 5.66. The van der Waals surface area contributed by atoms with Crippen molar-refractivity contribution in [2.75, 3.05) is 39.5 Å². The van der Waals surface area contributed by atoms with E-state index < -0.39 is 0 Å². The number of hydrogen-bond donors (Lipinski definition) is 0. The molecule has 2 aromatic rings. The highest BCUT2D eigenvalue weighted by molar-refractivity contribution is 5.37. The lowest BCUT2D eigenvalue weighted by atomic mass is 10.3. The predicted octanol–water partition coefficient (Wildman–Crippen LogP) is 0.830. The van der Waals surface area contributed by atoms with Crippen molar-refractivity contribution in [2.24, 2.45) is 0 Å². The van der Waals surface area contributed by atoms with Crippen molar-refractivity contribution in [3.63, 3.8) is 0 Å². The van der Waals surface area contributed by atoms with Gasteiger partial charge in [-0.2, -0.15) is 10.1 Å². The van der Waals surface area contributed by atoms with Gasteiger partial charge in [-0.05, 0) is 6.42 Å². The lowest BCUT2D eigenvalue weighted by molar-refractivity contribution is 0.0357. The largest absolute Gasteiger partial charge is 0.478 e. The van der Waals surface area contributed by atoms with Gasteiger partial charge in [-0.25, -0.2) is 4.52 Å². The van der Waals surface area contributed by atoms with Crippen LogP contribution in [0.1, 0.15) is 6.42 Å². The van der Waals surface area contributed by atoms with Crippen LogP contribution in [0, 0.1) is 0 Å². The molecule has 0 bridgehead atoms. The normalized spacial score (nSPS) is 16.8. The number of nitrogens with zero attached hydrogens (tertiary/aromatic N) is 4. The molecule has 102 valence electrons. The van der Waals surface area contributed by atoms with Gasteiger partial charge in [0.05, 0.1) is 26.0 Å². The first-order chi connectivity index (χ1) is 9.42. The van der Waals surface area contributed by atoms with E-state index in [2.05, 4.69) is 15.0 Å². The molecule has 1 saturated heterocycles. The van der Waals surface area contributed by atoms with Crippen molar-refractivity contribution in [2.45, 2.75) is 6.42 Å². The maximum absolute atomic E-state index is 5.66. The van der Waals surface area contributed by atoms with Crippen LogP contribution in [0.3, 0.4) is 0 Å². The van der Waals surface area contributed by atoms with Crippen molar-refractivity contribution in [1.82, 2.24) is 19.5 Å². The number of hydrogen-bond acceptors (Lipinski definition) is 5. The summed E-state index contributed by atoms with van der Waals surface area (Å²) in [5.74, 6) is 0.662. The molecule has 1 aliphatic rings. The summed E-state index contributed by atoms with van der Waals surface area (Å²) in [6.45, 7) is 5.49. The Bertz CT molecular complexity index is 522. The minimum atomic E-state index is 0.662. The standard InChI is InChI=1S/C13H18N4O2/c1(5-16-7-10-18-11-8-16)9-19-13-3-6-17-12(15-13)2-4-14-17/h2-4,6H,1,5,7-11H2. The van der Waals surface area contributed by atoms with Crippen molar-refractivity contribution in [1.29, 1.82) is 0 Å². The molecule has 0 aromatic carbocycles. The van der Waals surface area contributed by atoms with Gasteiger partial charge >= 0.3 is 0 Å². The zero-order chi connectivity index (χ0) is 12.9. The van der Waals surface area contributed by atoms with E-state index in [1.807, 2.05) is 18.3 Å². The van der Waals surface area contributed by atoms with E-state index in [-0.39, 0.29) is 0 Å². The Morgan fingerprint density at radius 1 is 1.26 bits per heavy atom. The smallest absolute Gasteiger partial charge is 0.216 e. The Kier molecular flexibility index (Phi) is 3.90. The second-order valence-electron chi connectivity index (χ2n) is 4.56. The predicted molar refractivity (Wildman–Crippen MR) is 70.4 cm³/mol. The SMILES string of the molecule is c1cc2nc(OCCCN3CCOCC3)ccn2n1. The van der Waals surface area contributed by atoms with Crippen molar-refractivity contribution >= 4 is 5.65 Å². The number of ether oxygens (including phenoxy) is 2. The van der Waals surface area contributed by atoms with Gasteiger partial charge in [-0.3, -0.25) is 4.90 Å². The summed E-state index contributed by atoms with van der Waals surface area (Å²) in [6.07, 6.45) is 4.59. The molecule has 1 aliphatic heterocycles. The zero-order valence-electron chi connectivity index (χ0n) is 10.9. The Morgan fingerprint density at radius 2 is 2.16 bits per heavy atom. The van der Waals surface area contributed by atoms with Crippen LogP contribution < -0.4 is 4.74 Å². The monoisotopic (exact) mass is 262 g/mol. The van der Waals surface area contributed by atoms with Crippen LogP contribution in [0.25, 0.3) is 5.65 Å². The molecule has 0 N–H and O–H groups in total. The fourth-order valence-electron chi connectivity index (χ4n) is 2.17. The van der Waals surface area contributed by atoms with Gasteiger partial charge < -0.3 is 9.47 Å². The van der Waals surface area contributed by atoms with Crippen LogP contribution in [0.2, 0.25) is 0 Å². The summed E-state index contributed by atoms with van der Waals surface area (Å²) < 4.78 is 12.7. The molecule has 2 aromatic heterocycles. The molecule has 1 fully saturated rings. The van der Waals surface area contributed by atoms with E-state index in [9.17, 15) is 0 Å². The van der Waals surface area contributed by atoms with Gasteiger partial charge in [0, 0.05) is 38.0 Å². The van der Waals surface area contributed by atoms with Crippen LogP contribution in [0.4, 0.5) is 0 Å². The van der Waals surface area contributed by atoms with Gasteiger partial charge in [-0.1, -0.05) is 0 Å². The first-order valence-electron chi connectivity index (χ1n) is 6.65. The third kappa shape index (κ3) is 3.21. The van der Waals surface area contributed by atoms with E-state index in [0.29, 0.717) is 12.5 Å². The van der Waals surface area contributed by atoms with E-state index >= 15 is 0 Å². The number of morpholine rings is 1. The molecule has 3 rings (SSSR count). The van der Waals surface area contributed by atoms with Crippen LogP contribution in [-0.2, 0) is 4.74 Å². The van der Waals surface area contributed by atoms with Gasteiger partial charge in [0.15, 0.2) is 5.65 Å². The zero-order valence-corrected chi connectivity index (χ0v) is 10.9. The van der Waals surface area contributed by atoms with E-state index in [0.717, 1.165) is 44.9 Å². The molecule has 0 atom stereocenters. The van der Waals surface area contributed by atoms with Gasteiger partial charge in [0.2, 0.25) is 5.88 Å². The number of rotatable bonds is 5. The molecule has 0 aliphatic carbocycles. The summed E-state index contributed by atoms with van der Waals surface area (Å²) in [5, 5.41) is 4.10. The fraction of sp³-hybridized carbons (Fsp3) is 0.538. The van der Waals surface area contributed by atoms with Gasteiger partial charge in [0.25, 0.3) is 0 Å². The topological polar surface area (TPSA) is 51.9 Å². The third-order valence-electron chi connectivity index (χ3n) is 3.20. The minimum absolute atomic E-state index is 0.662. The lowest BCUT2D eigenvalue weighted by Crippen LogP contribution is -2.37. The van der Waals surface area contributed by atoms with Gasteiger partial charge in [-0.15, -0.1) is 0 Å². The summed E-state index contributed by atoms with van der Waals surface area (Å²) in [5.41, 5.74) is 0.811. The Hall–Kier alpha value is -1.66. The van der Waals surface area contributed by atoms with E-state index in [4.69, 9.17) is 9.47 Å². The molecule has 19 heavy (non-hydrogen) atoms. The molecule has 6 heteroatoms. The van der Waals surface area contributed by atoms with E-state index in [1.165, 1.54) is 0 Å². The highest BCUT2D eigenvalue weighted by Crippen LogP contribution is 2.08. The fourth-order valence-corrected chi connectivity index (χ4v) is 2.17. The first-order valence-corrected chi connectivity index (χ1v) is 6.65. The average Bonchev–Trinajstić information content (AvgIpc) is 2.92. The lowest BCUT2D eigenvalue weighted by Gasteiger charge is -2.26. The van der Waals surface area contributed by atoms with Crippen LogP contribution in [0.5, 0.6) is 5.88 Å². The van der Waals surface area contributed by atoms with Crippen LogP contribution >= 0.6 is 0 Å². The Balaban J connectivity index is 1.43. The van der Waals surface area contributed by atoms with Crippen molar-refractivity contribution < 1.29 is 9.47 Å². The molecule has 0 radical (unpaired) electrons. The Morgan fingerprint density at radius 3 is 3.05 bits per heavy atom. The third-order valence-corrected chi connectivity index (χ3v) is 3.20. The second-order valence-corrected chi connectivity index (χ2v) is 4.56. The van der Waals surface area contributed by atoms with E-state index in [1.54, 1.807) is 10.7 Å². The average molecular weight is 262 g/mol. The summed E-state index contributed by atoms with van der Waals surface area (Å²) in [6, 6.07) is 3.70. The summed E-state index contributed by atoms with van der Waals surface area (Å²) in [7, 11) is 0. The van der Waals surface area contributed by atoms with Crippen LogP contribution in [-0.4, -0.2) is 59.0 Å². The summed E-state index contributed by atoms with van der Waals surface area (Å²) in [4.78, 5) is 6.77. The summed E-state index contributed by atoms with van der Waals surface area (Å²) >= 11 is 0. The molecular weight excluding hydrogens is 244 g/mol. The maximum Gasteiger partial charge on any atom is 0.216 e. The second kappa shape index (κ2) is 5.99. The Labute approximate surface area is 111 Å². The first kappa shape index (κ1) is 12.4. The molecule has 0 unspecified atom stereocenters. The highest BCUT2D eigenvalue weighted by atomic mass is 16.5. The minimum Gasteiger partial charge on any atom is -0.478 e. The number of aromatic nitrogens is 3.